The van der Waals surface area contributed by atoms with E-state index >= 15 is 0 Å². The number of hydrogen-bond donors (Lipinski definition) is 1. The van der Waals surface area contributed by atoms with Gasteiger partial charge in [-0.2, -0.15) is 0 Å². The molecule has 3 aromatic rings. The Morgan fingerprint density at radius 1 is 1.40 bits per heavy atom. The van der Waals surface area contributed by atoms with Gasteiger partial charge < -0.3 is 14.3 Å². The molecular weight excluding hydrogens is 259 g/mol. The second kappa shape index (κ2) is 4.96. The molecule has 0 fully saturated rings. The number of hydrogen-bond acceptors (Lipinski definition) is 4. The Balaban J connectivity index is 1.84. The summed E-state index contributed by atoms with van der Waals surface area (Å²) in [5.41, 5.74) is 1.11. The van der Waals surface area contributed by atoms with Gasteiger partial charge in [0.1, 0.15) is 11.3 Å². The highest BCUT2D eigenvalue weighted by Gasteiger charge is 2.11. The molecular formula is C14H15FN4O. The number of oxazole rings is 1. The minimum Gasteiger partial charge on any atom is -0.444 e. The number of para-hydroxylation sites is 1. The fourth-order valence-corrected chi connectivity index (χ4v) is 2.10. The topological polar surface area (TPSA) is 55.9 Å². The smallest absolute Gasteiger partial charge is 0.204 e. The van der Waals surface area contributed by atoms with E-state index < -0.39 is 0 Å². The van der Waals surface area contributed by atoms with Crippen molar-refractivity contribution >= 4 is 17.0 Å². The number of nitrogens with one attached hydrogen (secondary N) is 1. The van der Waals surface area contributed by atoms with Crippen molar-refractivity contribution in [3.05, 3.63) is 41.9 Å². The SMILES string of the molecule is CCc1ncc(CNc2nc3c(F)cccc3n2C)o1. The van der Waals surface area contributed by atoms with E-state index in [1.54, 1.807) is 12.3 Å². The van der Waals surface area contributed by atoms with Gasteiger partial charge >= 0.3 is 0 Å². The lowest BCUT2D eigenvalue weighted by Crippen LogP contribution is -2.04. The largest absolute Gasteiger partial charge is 0.444 e. The number of benzene rings is 1. The van der Waals surface area contributed by atoms with E-state index in [1.807, 2.05) is 24.6 Å². The highest BCUT2D eigenvalue weighted by Crippen LogP contribution is 2.21. The molecule has 0 radical (unpaired) electrons. The lowest BCUT2D eigenvalue weighted by molar-refractivity contribution is 0.465. The lowest BCUT2D eigenvalue weighted by Gasteiger charge is -2.03. The van der Waals surface area contributed by atoms with Crippen LogP contribution in [0.4, 0.5) is 10.3 Å². The van der Waals surface area contributed by atoms with Gasteiger partial charge in [0.05, 0.1) is 18.3 Å². The first-order valence-electron chi connectivity index (χ1n) is 6.47. The molecule has 0 saturated carbocycles. The summed E-state index contributed by atoms with van der Waals surface area (Å²) in [6.07, 6.45) is 2.45. The zero-order valence-corrected chi connectivity index (χ0v) is 11.4. The molecule has 0 aliphatic rings. The van der Waals surface area contributed by atoms with Crippen molar-refractivity contribution in [1.29, 1.82) is 0 Å². The quantitative estimate of drug-likeness (QED) is 0.794. The van der Waals surface area contributed by atoms with Gasteiger partial charge in [0, 0.05) is 13.5 Å². The molecule has 20 heavy (non-hydrogen) atoms. The van der Waals surface area contributed by atoms with Crippen LogP contribution in [-0.2, 0) is 20.0 Å². The van der Waals surface area contributed by atoms with Crippen molar-refractivity contribution < 1.29 is 8.81 Å². The molecule has 1 N–H and O–H groups in total. The summed E-state index contributed by atoms with van der Waals surface area (Å²) in [5, 5.41) is 3.13. The van der Waals surface area contributed by atoms with E-state index in [0.29, 0.717) is 23.9 Å². The number of imidazole rings is 1. The van der Waals surface area contributed by atoms with Crippen LogP contribution >= 0.6 is 0 Å². The fraction of sp³-hybridized carbons (Fsp3) is 0.286. The molecule has 3 rings (SSSR count). The third-order valence-corrected chi connectivity index (χ3v) is 3.19. The van der Waals surface area contributed by atoms with Crippen LogP contribution in [0.1, 0.15) is 18.6 Å². The van der Waals surface area contributed by atoms with Gasteiger partial charge in [-0.05, 0) is 12.1 Å². The molecule has 0 saturated heterocycles. The highest BCUT2D eigenvalue weighted by molar-refractivity contribution is 5.79. The Labute approximate surface area is 115 Å². The fourth-order valence-electron chi connectivity index (χ4n) is 2.10. The minimum atomic E-state index is -0.320. The molecule has 0 unspecified atom stereocenters. The zero-order valence-electron chi connectivity index (χ0n) is 11.4. The zero-order chi connectivity index (χ0) is 14.1. The van der Waals surface area contributed by atoms with Gasteiger partial charge in [0.2, 0.25) is 5.95 Å². The van der Waals surface area contributed by atoms with Crippen LogP contribution in [0.2, 0.25) is 0 Å². The summed E-state index contributed by atoms with van der Waals surface area (Å²) in [7, 11) is 1.84. The molecule has 104 valence electrons. The number of aromatic nitrogens is 3. The summed E-state index contributed by atoms with van der Waals surface area (Å²) in [6.45, 7) is 2.45. The average Bonchev–Trinajstić information content (AvgIpc) is 3.03. The highest BCUT2D eigenvalue weighted by atomic mass is 19.1. The monoisotopic (exact) mass is 274 g/mol. The van der Waals surface area contributed by atoms with Crippen molar-refractivity contribution in [2.75, 3.05) is 5.32 Å². The van der Waals surface area contributed by atoms with E-state index in [0.717, 1.165) is 17.7 Å². The van der Waals surface area contributed by atoms with Gasteiger partial charge in [0.25, 0.3) is 0 Å². The van der Waals surface area contributed by atoms with E-state index in [9.17, 15) is 4.39 Å². The van der Waals surface area contributed by atoms with E-state index in [1.165, 1.54) is 6.07 Å². The molecule has 5 nitrogen and oxygen atoms in total. The van der Waals surface area contributed by atoms with E-state index in [-0.39, 0.29) is 5.82 Å². The Bertz CT molecular complexity index is 747. The maximum atomic E-state index is 13.7. The Morgan fingerprint density at radius 2 is 2.25 bits per heavy atom. The maximum absolute atomic E-state index is 13.7. The van der Waals surface area contributed by atoms with Crippen molar-refractivity contribution in [3.63, 3.8) is 0 Å². The minimum absolute atomic E-state index is 0.320. The first-order valence-corrected chi connectivity index (χ1v) is 6.47. The van der Waals surface area contributed by atoms with Crippen LogP contribution in [0.25, 0.3) is 11.0 Å². The van der Waals surface area contributed by atoms with Crippen LogP contribution in [-0.4, -0.2) is 14.5 Å². The number of rotatable bonds is 4. The van der Waals surface area contributed by atoms with E-state index in [4.69, 9.17) is 4.42 Å². The maximum Gasteiger partial charge on any atom is 0.204 e. The molecule has 0 amide bonds. The first-order chi connectivity index (χ1) is 9.69. The van der Waals surface area contributed by atoms with Crippen LogP contribution in [0, 0.1) is 5.82 Å². The molecule has 0 atom stereocenters. The van der Waals surface area contributed by atoms with Crippen LogP contribution in [0.15, 0.2) is 28.8 Å². The molecule has 1 aromatic carbocycles. The molecule has 0 aliphatic heterocycles. The number of halogens is 1. The van der Waals surface area contributed by atoms with Gasteiger partial charge in [-0.15, -0.1) is 0 Å². The summed E-state index contributed by atoms with van der Waals surface area (Å²) in [5.74, 6) is 1.71. The number of fused-ring (bicyclic) bond motifs is 1. The third-order valence-electron chi connectivity index (χ3n) is 3.19. The predicted molar refractivity (Wildman–Crippen MR) is 73.9 cm³/mol. The van der Waals surface area contributed by atoms with Crippen molar-refractivity contribution in [2.24, 2.45) is 7.05 Å². The molecule has 2 aromatic heterocycles. The molecule has 6 heteroatoms. The third kappa shape index (κ3) is 2.13. The predicted octanol–water partition coefficient (Wildman–Crippen LogP) is 2.87. The molecule has 0 bridgehead atoms. The van der Waals surface area contributed by atoms with Gasteiger partial charge in [0.15, 0.2) is 11.7 Å². The Morgan fingerprint density at radius 3 is 2.95 bits per heavy atom. The van der Waals surface area contributed by atoms with Gasteiger partial charge in [-0.1, -0.05) is 13.0 Å². The van der Waals surface area contributed by atoms with Crippen molar-refractivity contribution in [2.45, 2.75) is 19.9 Å². The summed E-state index contributed by atoms with van der Waals surface area (Å²) >= 11 is 0. The summed E-state index contributed by atoms with van der Waals surface area (Å²) < 4.78 is 21.0. The standard InChI is InChI=1S/C14H15FN4O/c1-3-12-16-7-9(20-12)8-17-14-18-13-10(15)5-4-6-11(13)19(14)2/h4-7H,3,8H2,1-2H3,(H,17,18). The van der Waals surface area contributed by atoms with Crippen LogP contribution in [0.5, 0.6) is 0 Å². The van der Waals surface area contributed by atoms with Gasteiger partial charge in [-0.25, -0.2) is 14.4 Å². The second-order valence-electron chi connectivity index (χ2n) is 4.53. The summed E-state index contributed by atoms with van der Waals surface area (Å²) in [4.78, 5) is 8.40. The molecule has 0 aliphatic carbocycles. The molecule has 2 heterocycles. The first kappa shape index (κ1) is 12.7. The van der Waals surface area contributed by atoms with Crippen molar-refractivity contribution in [1.82, 2.24) is 14.5 Å². The summed E-state index contributed by atoms with van der Waals surface area (Å²) in [6, 6.07) is 4.91. The number of anilines is 1. The average molecular weight is 274 g/mol. The lowest BCUT2D eigenvalue weighted by atomic mass is 10.3. The number of nitrogens with zero attached hydrogens (tertiary/aromatic N) is 3. The van der Waals surface area contributed by atoms with Gasteiger partial charge in [-0.3, -0.25) is 0 Å². The normalized spacial score (nSPS) is 11.2. The Hall–Kier alpha value is -2.37. The van der Waals surface area contributed by atoms with Crippen LogP contribution < -0.4 is 5.32 Å². The van der Waals surface area contributed by atoms with Crippen LogP contribution in [0.3, 0.4) is 0 Å². The Kier molecular flexibility index (Phi) is 3.14. The second-order valence-corrected chi connectivity index (χ2v) is 4.53. The van der Waals surface area contributed by atoms with E-state index in [2.05, 4.69) is 15.3 Å². The number of aryl methyl sites for hydroxylation is 2. The molecule has 0 spiro atoms. The van der Waals surface area contributed by atoms with Crippen molar-refractivity contribution in [3.8, 4) is 0 Å².